The third-order valence-electron chi connectivity index (χ3n) is 2.41. The Morgan fingerprint density at radius 3 is 3.00 bits per heavy atom. The Bertz CT molecular complexity index is 422. The van der Waals surface area contributed by atoms with Crippen molar-refractivity contribution in [3.05, 3.63) is 29.3 Å². The summed E-state index contributed by atoms with van der Waals surface area (Å²) < 4.78 is 6.81. The molecule has 1 heterocycles. The second-order valence-electron chi connectivity index (χ2n) is 3.88. The quantitative estimate of drug-likeness (QED) is 0.767. The number of hydrogen-bond donors (Lipinski definition) is 1. The first-order valence-electron chi connectivity index (χ1n) is 6.03. The number of nitrogens with zero attached hydrogens (tertiary/aromatic N) is 1. The molecule has 0 bridgehead atoms. The number of hydrogen-bond acceptors (Lipinski definition) is 4. The molecule has 0 aliphatic rings. The maximum Gasteiger partial charge on any atom is 0.120 e. The zero-order chi connectivity index (χ0) is 11.9. The van der Waals surface area contributed by atoms with Crippen molar-refractivity contribution in [2.45, 2.75) is 20.0 Å². The number of fused-ring (bicyclic) bond motifs is 1. The molecule has 2 rings (SSSR count). The van der Waals surface area contributed by atoms with Gasteiger partial charge in [0.1, 0.15) is 5.01 Å². The highest BCUT2D eigenvalue weighted by Crippen LogP contribution is 2.21. The van der Waals surface area contributed by atoms with Crippen LogP contribution in [0.2, 0.25) is 0 Å². The molecule has 1 aromatic heterocycles. The molecule has 0 unspecified atom stereocenters. The SMILES string of the molecule is CCCNCCOCc1nc2ccccc2s1. The van der Waals surface area contributed by atoms with Gasteiger partial charge in [0.2, 0.25) is 0 Å². The zero-order valence-corrected chi connectivity index (χ0v) is 10.9. The average molecular weight is 250 g/mol. The van der Waals surface area contributed by atoms with Crippen LogP contribution >= 0.6 is 11.3 Å². The summed E-state index contributed by atoms with van der Waals surface area (Å²) in [5, 5.41) is 4.36. The van der Waals surface area contributed by atoms with Crippen LogP contribution in [-0.2, 0) is 11.3 Å². The molecule has 0 spiro atoms. The highest BCUT2D eigenvalue weighted by Gasteiger charge is 2.02. The van der Waals surface area contributed by atoms with Gasteiger partial charge in [0.05, 0.1) is 23.4 Å². The number of aromatic nitrogens is 1. The van der Waals surface area contributed by atoms with E-state index in [-0.39, 0.29) is 0 Å². The number of thiazole rings is 1. The van der Waals surface area contributed by atoms with Crippen molar-refractivity contribution in [1.29, 1.82) is 0 Å². The van der Waals surface area contributed by atoms with E-state index in [1.807, 2.05) is 18.2 Å². The topological polar surface area (TPSA) is 34.1 Å². The molecular weight excluding hydrogens is 232 g/mol. The fourth-order valence-electron chi connectivity index (χ4n) is 1.59. The summed E-state index contributed by atoms with van der Waals surface area (Å²) in [6.07, 6.45) is 1.16. The number of ether oxygens (including phenoxy) is 1. The lowest BCUT2D eigenvalue weighted by atomic mass is 10.3. The maximum atomic E-state index is 5.58. The molecule has 3 nitrogen and oxygen atoms in total. The largest absolute Gasteiger partial charge is 0.373 e. The van der Waals surface area contributed by atoms with Gasteiger partial charge in [-0.3, -0.25) is 0 Å². The summed E-state index contributed by atoms with van der Waals surface area (Å²) in [6, 6.07) is 8.19. The molecule has 0 saturated carbocycles. The van der Waals surface area contributed by atoms with Crippen LogP contribution in [-0.4, -0.2) is 24.7 Å². The normalized spacial score (nSPS) is 11.1. The van der Waals surface area contributed by atoms with Crippen molar-refractivity contribution < 1.29 is 4.74 Å². The fraction of sp³-hybridized carbons (Fsp3) is 0.462. The summed E-state index contributed by atoms with van der Waals surface area (Å²) in [5.41, 5.74) is 1.07. The number of benzene rings is 1. The van der Waals surface area contributed by atoms with E-state index in [1.165, 1.54) is 4.70 Å². The number of rotatable bonds is 7. The Kier molecular flexibility index (Phi) is 4.91. The Morgan fingerprint density at radius 2 is 2.18 bits per heavy atom. The van der Waals surface area contributed by atoms with Gasteiger partial charge in [-0.05, 0) is 25.1 Å². The minimum Gasteiger partial charge on any atom is -0.373 e. The third-order valence-corrected chi connectivity index (χ3v) is 3.42. The standard InChI is InChI=1S/C13H18N2OS/c1-2-7-14-8-9-16-10-13-15-11-5-3-4-6-12(11)17-13/h3-6,14H,2,7-10H2,1H3. The molecule has 0 saturated heterocycles. The Hall–Kier alpha value is -0.970. The van der Waals surface area contributed by atoms with Crippen LogP contribution in [0.4, 0.5) is 0 Å². The molecule has 0 radical (unpaired) electrons. The first-order chi connectivity index (χ1) is 8.40. The van der Waals surface area contributed by atoms with Crippen molar-refractivity contribution >= 4 is 21.6 Å². The van der Waals surface area contributed by atoms with Gasteiger partial charge in [-0.15, -0.1) is 11.3 Å². The minimum atomic E-state index is 0.618. The van der Waals surface area contributed by atoms with Gasteiger partial charge in [0.15, 0.2) is 0 Å². The number of para-hydroxylation sites is 1. The van der Waals surface area contributed by atoms with Crippen molar-refractivity contribution in [3.8, 4) is 0 Å². The van der Waals surface area contributed by atoms with Crippen LogP contribution in [0.3, 0.4) is 0 Å². The van der Waals surface area contributed by atoms with E-state index in [9.17, 15) is 0 Å². The lowest BCUT2D eigenvalue weighted by molar-refractivity contribution is 0.123. The van der Waals surface area contributed by atoms with E-state index in [2.05, 4.69) is 23.3 Å². The van der Waals surface area contributed by atoms with Crippen molar-refractivity contribution in [2.24, 2.45) is 0 Å². The highest BCUT2D eigenvalue weighted by molar-refractivity contribution is 7.18. The molecule has 0 aliphatic carbocycles. The summed E-state index contributed by atoms with van der Waals surface area (Å²) in [4.78, 5) is 4.52. The Labute approximate surface area is 106 Å². The van der Waals surface area contributed by atoms with Gasteiger partial charge >= 0.3 is 0 Å². The lowest BCUT2D eigenvalue weighted by Gasteiger charge is -2.02. The maximum absolute atomic E-state index is 5.58. The predicted molar refractivity (Wildman–Crippen MR) is 72.4 cm³/mol. The lowest BCUT2D eigenvalue weighted by Crippen LogP contribution is -2.20. The van der Waals surface area contributed by atoms with Gasteiger partial charge in [-0.1, -0.05) is 19.1 Å². The van der Waals surface area contributed by atoms with E-state index in [0.717, 1.165) is 36.6 Å². The van der Waals surface area contributed by atoms with Crippen molar-refractivity contribution in [2.75, 3.05) is 19.7 Å². The van der Waals surface area contributed by atoms with Gasteiger partial charge in [-0.2, -0.15) is 0 Å². The average Bonchev–Trinajstić information content (AvgIpc) is 2.76. The Morgan fingerprint density at radius 1 is 1.29 bits per heavy atom. The van der Waals surface area contributed by atoms with Gasteiger partial charge in [-0.25, -0.2) is 4.98 Å². The molecule has 0 fully saturated rings. The molecule has 17 heavy (non-hydrogen) atoms. The monoisotopic (exact) mass is 250 g/mol. The first kappa shape index (κ1) is 12.5. The molecule has 4 heteroatoms. The van der Waals surface area contributed by atoms with Crippen LogP contribution in [0.1, 0.15) is 18.4 Å². The van der Waals surface area contributed by atoms with Crippen LogP contribution in [0.25, 0.3) is 10.2 Å². The van der Waals surface area contributed by atoms with E-state index in [4.69, 9.17) is 4.74 Å². The molecule has 0 aliphatic heterocycles. The number of nitrogens with one attached hydrogen (secondary N) is 1. The van der Waals surface area contributed by atoms with Gasteiger partial charge < -0.3 is 10.1 Å². The van der Waals surface area contributed by atoms with Crippen LogP contribution in [0, 0.1) is 0 Å². The molecule has 2 aromatic rings. The minimum absolute atomic E-state index is 0.618. The molecular formula is C13H18N2OS. The van der Waals surface area contributed by atoms with Crippen molar-refractivity contribution in [1.82, 2.24) is 10.3 Å². The zero-order valence-electron chi connectivity index (χ0n) is 10.1. The van der Waals surface area contributed by atoms with Crippen LogP contribution < -0.4 is 5.32 Å². The molecule has 1 N–H and O–H groups in total. The fourth-order valence-corrected chi connectivity index (χ4v) is 2.49. The summed E-state index contributed by atoms with van der Waals surface area (Å²) in [6.45, 7) is 5.50. The summed E-state index contributed by atoms with van der Waals surface area (Å²) >= 11 is 1.71. The smallest absolute Gasteiger partial charge is 0.120 e. The molecule has 0 atom stereocenters. The second-order valence-corrected chi connectivity index (χ2v) is 4.99. The van der Waals surface area contributed by atoms with Crippen LogP contribution in [0.5, 0.6) is 0 Å². The summed E-state index contributed by atoms with van der Waals surface area (Å²) in [7, 11) is 0. The Balaban J connectivity index is 1.75. The third kappa shape index (κ3) is 3.77. The van der Waals surface area contributed by atoms with E-state index in [0.29, 0.717) is 6.61 Å². The second kappa shape index (κ2) is 6.69. The van der Waals surface area contributed by atoms with E-state index >= 15 is 0 Å². The van der Waals surface area contributed by atoms with Crippen molar-refractivity contribution in [3.63, 3.8) is 0 Å². The first-order valence-corrected chi connectivity index (χ1v) is 6.84. The van der Waals surface area contributed by atoms with E-state index < -0.39 is 0 Å². The van der Waals surface area contributed by atoms with Gasteiger partial charge in [0, 0.05) is 6.54 Å². The van der Waals surface area contributed by atoms with Crippen LogP contribution in [0.15, 0.2) is 24.3 Å². The molecule has 92 valence electrons. The summed E-state index contributed by atoms with van der Waals surface area (Å²) in [5.74, 6) is 0. The highest BCUT2D eigenvalue weighted by atomic mass is 32.1. The predicted octanol–water partition coefficient (Wildman–Crippen LogP) is 2.81. The molecule has 1 aromatic carbocycles. The van der Waals surface area contributed by atoms with E-state index in [1.54, 1.807) is 11.3 Å². The molecule has 0 amide bonds. The van der Waals surface area contributed by atoms with Gasteiger partial charge in [0.25, 0.3) is 0 Å².